The van der Waals surface area contributed by atoms with Gasteiger partial charge in [-0.2, -0.15) is 0 Å². The number of rotatable bonds is 4. The highest BCUT2D eigenvalue weighted by Crippen LogP contribution is 2.36. The van der Waals surface area contributed by atoms with Crippen LogP contribution >= 0.6 is 129 Å². The van der Waals surface area contributed by atoms with Crippen LogP contribution in [-0.4, -0.2) is 87.1 Å². The van der Waals surface area contributed by atoms with Crippen molar-refractivity contribution >= 4 is 153 Å². The number of alkyl halides is 6. The van der Waals surface area contributed by atoms with Crippen LogP contribution in [0.2, 0.25) is 0 Å². The first-order valence-corrected chi connectivity index (χ1v) is 20.0. The molecule has 1 unspecified atom stereocenters. The lowest BCUT2D eigenvalue weighted by Crippen LogP contribution is -2.54. The first-order valence-electron chi connectivity index (χ1n) is 12.3. The number of fused-ring (bicyclic) bond motifs is 1. The van der Waals surface area contributed by atoms with Gasteiger partial charge in [0.1, 0.15) is 11.1 Å². The van der Waals surface area contributed by atoms with Gasteiger partial charge < -0.3 is 37.9 Å². The Morgan fingerprint density at radius 3 is 1.60 bits per heavy atom. The zero-order chi connectivity index (χ0) is 32.8. The Kier molecular flexibility index (Phi) is 23.4. The lowest BCUT2D eigenvalue weighted by Gasteiger charge is -2.37. The van der Waals surface area contributed by atoms with Crippen molar-refractivity contribution in [3.8, 4) is 0 Å². The van der Waals surface area contributed by atoms with Gasteiger partial charge in [-0.05, 0) is 13.8 Å². The van der Waals surface area contributed by atoms with Crippen molar-refractivity contribution < 1.29 is 57.1 Å². The Bertz CT molecular complexity index is 865. The summed E-state index contributed by atoms with van der Waals surface area (Å²) in [4.78, 5) is 44.1. The minimum absolute atomic E-state index is 0.0815. The Morgan fingerprint density at radius 2 is 1.17 bits per heavy atom. The maximum absolute atomic E-state index is 11.2. The molecular formula is C24H36BrI5O12. The third kappa shape index (κ3) is 18.3. The van der Waals surface area contributed by atoms with Gasteiger partial charge in [-0.25, -0.2) is 0 Å². The molecule has 12 nitrogen and oxygen atoms in total. The molecule has 0 aromatic rings. The fraction of sp³-hybridized carbons (Fsp3) is 0.833. The van der Waals surface area contributed by atoms with Gasteiger partial charge in [0.15, 0.2) is 36.5 Å². The van der Waals surface area contributed by atoms with Crippen LogP contribution in [0.4, 0.5) is 0 Å². The third-order valence-corrected chi connectivity index (χ3v) is 6.26. The molecule has 0 saturated carbocycles. The van der Waals surface area contributed by atoms with Gasteiger partial charge in [0.05, 0.1) is 15.6 Å². The Morgan fingerprint density at radius 1 is 0.786 bits per heavy atom. The van der Waals surface area contributed by atoms with E-state index in [1.54, 1.807) is 13.8 Å². The fourth-order valence-corrected chi connectivity index (χ4v) is 4.32. The normalized spacial score (nSPS) is 30.8. The van der Waals surface area contributed by atoms with Crippen molar-refractivity contribution in [2.75, 3.05) is 15.6 Å². The smallest absolute Gasteiger partial charge is 0.303 e. The fourth-order valence-electron chi connectivity index (χ4n) is 3.86. The summed E-state index contributed by atoms with van der Waals surface area (Å²) in [5.41, 5.74) is 0. The maximum Gasteiger partial charge on any atom is 0.303 e. The summed E-state index contributed by atoms with van der Waals surface area (Å²) in [6.45, 7) is 10.9. The number of ether oxygens (including phenoxy) is 8. The predicted octanol–water partition coefficient (Wildman–Crippen LogP) is 5.98. The summed E-state index contributed by atoms with van der Waals surface area (Å²) in [6, 6.07) is 0. The van der Waals surface area contributed by atoms with Crippen LogP contribution in [0.15, 0.2) is 0 Å². The topological polar surface area (TPSA) is 142 Å². The second-order valence-corrected chi connectivity index (χ2v) is 25.4. The molecule has 0 aliphatic carbocycles. The lowest BCUT2D eigenvalue weighted by atomic mass is 9.98. The van der Waals surface area contributed by atoms with E-state index in [0.717, 1.165) is -0.0619 Å². The quantitative estimate of drug-likeness (QED) is 0.142. The molecule has 3 saturated heterocycles. The highest BCUT2D eigenvalue weighted by atomic mass is 127. The number of carbonyl (C=O) groups excluding carboxylic acids is 4. The van der Waals surface area contributed by atoms with E-state index in [1.807, 2.05) is 6.92 Å². The molecule has 42 heavy (non-hydrogen) atoms. The second kappa shape index (κ2) is 22.4. The molecule has 0 aromatic carbocycles. The predicted molar refractivity (Wildman–Crippen MR) is 199 cm³/mol. The molecule has 18 heteroatoms. The standard InChI is InChI=1S/C12H18O7.C10H15BrO5.CHI3.CH2I2/c1-6(13)16-8-5-15-11-10(9(8)17-7(2)14)18-12(3,4)19-11;1-5-9(16-7(3)13)8(15-6(2)12)4-14-10(5)11;2-1(3)4;2-1-3/h8-11H,5H2,1-4H3;5,8-10H,4H2,1-3H3;1H;1H2/t8-,9+,10-,11-;5-,8-,9-,10?;;/m11../s1. The molecule has 8 atom stereocenters. The molecule has 3 aliphatic rings. The molecule has 0 bridgehead atoms. The van der Waals surface area contributed by atoms with Crippen LogP contribution in [0.25, 0.3) is 0 Å². The van der Waals surface area contributed by atoms with Crippen molar-refractivity contribution in [1.82, 2.24) is 0 Å². The van der Waals surface area contributed by atoms with Crippen molar-refractivity contribution in [3.05, 3.63) is 0 Å². The molecule has 3 rings (SSSR count). The second-order valence-electron chi connectivity index (χ2n) is 9.14. The molecule has 3 aliphatic heterocycles. The Labute approximate surface area is 323 Å². The molecule has 3 fully saturated rings. The molecule has 246 valence electrons. The first kappa shape index (κ1) is 43.9. The van der Waals surface area contributed by atoms with Gasteiger partial charge in [-0.3, -0.25) is 19.2 Å². The number of esters is 4. The van der Waals surface area contributed by atoms with Crippen molar-refractivity contribution in [3.63, 3.8) is 0 Å². The average molecular weight is 1230 g/mol. The van der Waals surface area contributed by atoms with E-state index in [-0.39, 0.29) is 24.1 Å². The molecule has 0 amide bonds. The van der Waals surface area contributed by atoms with Crippen molar-refractivity contribution in [2.24, 2.45) is 5.92 Å². The van der Waals surface area contributed by atoms with Crippen molar-refractivity contribution in [2.45, 2.75) is 96.0 Å². The SMILES string of the molecule is CC(=O)O[C@@H]1[C@H]2OC(C)(C)O[C@H]2OC[C@H]1OC(C)=O.CC(=O)O[C@H]1[C@H](OC(C)=O)COC(Br)[C@@H]1C.IC(I)I.ICI. The lowest BCUT2D eigenvalue weighted by molar-refractivity contribution is -0.231. The Hall–Kier alpha value is 1.85. The summed E-state index contributed by atoms with van der Waals surface area (Å²) >= 11 is 14.8. The summed E-state index contributed by atoms with van der Waals surface area (Å²) in [5, 5.41) is -0.205. The summed E-state index contributed by atoms with van der Waals surface area (Å²) in [7, 11) is 0. The largest absolute Gasteiger partial charge is 0.458 e. The molecule has 0 N–H and O–H groups in total. The molecule has 3 heterocycles. The van der Waals surface area contributed by atoms with Crippen LogP contribution in [-0.2, 0) is 57.1 Å². The van der Waals surface area contributed by atoms with Gasteiger partial charge in [0.25, 0.3) is 0 Å². The van der Waals surface area contributed by atoms with Gasteiger partial charge in [-0.15, -0.1) is 0 Å². The molecule has 0 aromatic heterocycles. The van der Waals surface area contributed by atoms with E-state index in [1.165, 1.54) is 30.1 Å². The third-order valence-electron chi connectivity index (χ3n) is 5.16. The first-order chi connectivity index (χ1) is 19.3. The van der Waals surface area contributed by atoms with Crippen molar-refractivity contribution in [1.29, 1.82) is 0 Å². The minimum atomic E-state index is -0.834. The van der Waals surface area contributed by atoms with E-state index < -0.39 is 66.5 Å². The van der Waals surface area contributed by atoms with E-state index in [0.29, 0.717) is 0 Å². The number of carbonyl (C=O) groups is 4. The van der Waals surface area contributed by atoms with Gasteiger partial charge in [0, 0.05) is 33.6 Å². The van der Waals surface area contributed by atoms with Crippen LogP contribution in [0.1, 0.15) is 48.5 Å². The number of hydrogen-bond acceptors (Lipinski definition) is 12. The van der Waals surface area contributed by atoms with Crippen LogP contribution < -0.4 is 0 Å². The summed E-state index contributed by atoms with van der Waals surface area (Å²) in [5.74, 6) is -2.67. The van der Waals surface area contributed by atoms with Crippen LogP contribution in [0, 0.1) is 5.92 Å². The summed E-state index contributed by atoms with van der Waals surface area (Å²) < 4.78 is 44.5. The van der Waals surface area contributed by atoms with Gasteiger partial charge in [-0.1, -0.05) is 136 Å². The van der Waals surface area contributed by atoms with Crippen LogP contribution in [0.5, 0.6) is 0 Å². The van der Waals surface area contributed by atoms with E-state index >= 15 is 0 Å². The van der Waals surface area contributed by atoms with E-state index in [2.05, 4.69) is 129 Å². The number of hydrogen-bond donors (Lipinski definition) is 0. The van der Waals surface area contributed by atoms with Gasteiger partial charge >= 0.3 is 23.9 Å². The zero-order valence-electron chi connectivity index (χ0n) is 24.0. The average Bonchev–Trinajstić information content (AvgIpc) is 3.14. The highest BCUT2D eigenvalue weighted by molar-refractivity contribution is 14.3. The highest BCUT2D eigenvalue weighted by Gasteiger charge is 2.54. The summed E-state index contributed by atoms with van der Waals surface area (Å²) in [6.07, 6.45) is -3.69. The van der Waals surface area contributed by atoms with Crippen LogP contribution in [0.3, 0.4) is 0 Å². The molecule has 0 radical (unpaired) electrons. The van der Waals surface area contributed by atoms with E-state index in [4.69, 9.17) is 37.9 Å². The van der Waals surface area contributed by atoms with Gasteiger partial charge in [0.2, 0.25) is 0 Å². The Balaban J connectivity index is 0.000000662. The number of halogens is 6. The zero-order valence-corrected chi connectivity index (χ0v) is 36.4. The molecule has 0 spiro atoms. The molecular weight excluding hydrogens is 1190 g/mol. The van der Waals surface area contributed by atoms with E-state index in [9.17, 15) is 19.2 Å². The monoisotopic (exact) mass is 1230 g/mol. The maximum atomic E-state index is 11.2. The minimum Gasteiger partial charge on any atom is -0.458 e.